The van der Waals surface area contributed by atoms with Gasteiger partial charge in [-0.1, -0.05) is 5.16 Å². The summed E-state index contributed by atoms with van der Waals surface area (Å²) in [6.07, 6.45) is 3.14. The maximum Gasteiger partial charge on any atom is 0.414 e. The normalized spacial score (nSPS) is 18.7. The molecule has 0 unspecified atom stereocenters. The van der Waals surface area contributed by atoms with Gasteiger partial charge in [-0.3, -0.25) is 4.90 Å². The van der Waals surface area contributed by atoms with Crippen molar-refractivity contribution in [1.82, 2.24) is 10.1 Å². The molecular weight excluding hydrogens is 360 g/mol. The van der Waals surface area contributed by atoms with E-state index in [0.717, 1.165) is 54.1 Å². The van der Waals surface area contributed by atoms with Crippen molar-refractivity contribution in [3.63, 3.8) is 0 Å². The number of ether oxygens (including phenoxy) is 1. The van der Waals surface area contributed by atoms with E-state index in [1.807, 2.05) is 31.2 Å². The van der Waals surface area contributed by atoms with Crippen molar-refractivity contribution in [2.24, 2.45) is 0 Å². The number of nitrogens with zero attached hydrogens (tertiary/aromatic N) is 3. The zero-order valence-corrected chi connectivity index (χ0v) is 16.1. The van der Waals surface area contributed by atoms with Crippen molar-refractivity contribution >= 4 is 23.5 Å². The number of hydrogen-bond acceptors (Lipinski definition) is 5. The van der Waals surface area contributed by atoms with Gasteiger partial charge in [0.1, 0.15) is 0 Å². The molecule has 1 saturated heterocycles. The number of amides is 3. The molecule has 0 spiro atoms. The molecule has 8 nitrogen and oxygen atoms in total. The number of anilines is 2. The lowest BCUT2D eigenvalue weighted by Gasteiger charge is -2.29. The summed E-state index contributed by atoms with van der Waals surface area (Å²) >= 11 is 0. The largest absolute Gasteiger partial charge is 0.452 e. The van der Waals surface area contributed by atoms with Crippen LogP contribution >= 0.6 is 0 Å². The summed E-state index contributed by atoms with van der Waals surface area (Å²) in [6.45, 7) is 3.19. The predicted octanol–water partition coefficient (Wildman–Crippen LogP) is 3.87. The van der Waals surface area contributed by atoms with Crippen molar-refractivity contribution in [1.29, 1.82) is 0 Å². The highest BCUT2D eigenvalue weighted by Gasteiger charge is 2.33. The third kappa shape index (κ3) is 3.42. The molecule has 0 saturated carbocycles. The minimum Gasteiger partial charge on any atom is -0.452 e. The van der Waals surface area contributed by atoms with Crippen LogP contribution in [0.15, 0.2) is 28.8 Å². The van der Waals surface area contributed by atoms with Gasteiger partial charge in [-0.15, -0.1) is 0 Å². The van der Waals surface area contributed by atoms with Crippen LogP contribution in [-0.2, 0) is 11.2 Å². The molecule has 28 heavy (non-hydrogen) atoms. The van der Waals surface area contributed by atoms with Crippen LogP contribution in [0.5, 0.6) is 0 Å². The van der Waals surface area contributed by atoms with Gasteiger partial charge in [-0.05, 0) is 56.4 Å². The van der Waals surface area contributed by atoms with Gasteiger partial charge in [-0.2, -0.15) is 0 Å². The van der Waals surface area contributed by atoms with E-state index in [1.165, 1.54) is 7.11 Å². The molecule has 1 atom stereocenters. The van der Waals surface area contributed by atoms with Crippen molar-refractivity contribution in [3.8, 4) is 0 Å². The summed E-state index contributed by atoms with van der Waals surface area (Å²) in [6, 6.07) is 7.26. The Labute approximate surface area is 163 Å². The highest BCUT2D eigenvalue weighted by atomic mass is 16.5. The summed E-state index contributed by atoms with van der Waals surface area (Å²) in [5, 5.41) is 6.93. The van der Waals surface area contributed by atoms with Gasteiger partial charge in [0.2, 0.25) is 0 Å². The molecule has 8 heteroatoms. The van der Waals surface area contributed by atoms with Crippen LogP contribution in [0, 0.1) is 6.92 Å². The standard InChI is InChI=1S/C20H24N4O4/c1-13-11-18(28-22-13)17-6-4-9-23(17)19(25)21-15-7-8-16-14(12-15)5-3-10-24(16)20(26)27-2/h7-8,11-12,17H,3-6,9-10H2,1-2H3,(H,21,25)/t17-/m1/s1. The molecule has 2 aliphatic rings. The second-order valence-electron chi connectivity index (χ2n) is 7.22. The maximum atomic E-state index is 12.9. The number of methoxy groups -OCH3 is 1. The highest BCUT2D eigenvalue weighted by molar-refractivity contribution is 5.92. The molecule has 0 bridgehead atoms. The molecule has 1 aromatic carbocycles. The van der Waals surface area contributed by atoms with Crippen LogP contribution in [0.4, 0.5) is 21.0 Å². The SMILES string of the molecule is COC(=O)N1CCCc2cc(NC(=O)N3CCC[C@@H]3c3cc(C)no3)ccc21. The Morgan fingerprint density at radius 3 is 2.86 bits per heavy atom. The zero-order chi connectivity index (χ0) is 19.7. The summed E-state index contributed by atoms with van der Waals surface area (Å²) in [5.74, 6) is 0.726. The quantitative estimate of drug-likeness (QED) is 0.849. The first-order valence-electron chi connectivity index (χ1n) is 9.56. The Morgan fingerprint density at radius 2 is 2.11 bits per heavy atom. The Balaban J connectivity index is 1.50. The average Bonchev–Trinajstić information content (AvgIpc) is 3.35. The van der Waals surface area contributed by atoms with Crippen molar-refractivity contribution in [2.45, 2.75) is 38.6 Å². The van der Waals surface area contributed by atoms with E-state index >= 15 is 0 Å². The Kier molecular flexibility index (Phi) is 4.93. The zero-order valence-electron chi connectivity index (χ0n) is 16.1. The number of rotatable bonds is 2. The molecule has 1 fully saturated rings. The number of likely N-dealkylation sites (tertiary alicyclic amines) is 1. The van der Waals surface area contributed by atoms with Crippen molar-refractivity contribution in [3.05, 3.63) is 41.3 Å². The lowest BCUT2D eigenvalue weighted by molar-refractivity contribution is 0.178. The molecule has 3 heterocycles. The molecule has 2 aliphatic heterocycles. The number of hydrogen-bond donors (Lipinski definition) is 1. The number of fused-ring (bicyclic) bond motifs is 1. The van der Waals surface area contributed by atoms with E-state index in [0.29, 0.717) is 13.1 Å². The molecule has 148 valence electrons. The smallest absolute Gasteiger partial charge is 0.414 e. The third-order valence-electron chi connectivity index (χ3n) is 5.33. The summed E-state index contributed by atoms with van der Waals surface area (Å²) in [4.78, 5) is 28.2. The van der Waals surface area contributed by atoms with Gasteiger partial charge in [0.05, 0.1) is 24.5 Å². The first-order chi connectivity index (χ1) is 13.6. The number of aromatic nitrogens is 1. The number of aryl methyl sites for hydroxylation is 2. The molecule has 3 amide bonds. The fourth-order valence-corrected chi connectivity index (χ4v) is 4.02. The lowest BCUT2D eigenvalue weighted by atomic mass is 10.0. The van der Waals surface area contributed by atoms with Gasteiger partial charge < -0.3 is 19.5 Å². The second-order valence-corrected chi connectivity index (χ2v) is 7.22. The molecule has 2 aromatic rings. The average molecular weight is 384 g/mol. The fraction of sp³-hybridized carbons (Fsp3) is 0.450. The lowest BCUT2D eigenvalue weighted by Crippen LogP contribution is -2.36. The third-order valence-corrected chi connectivity index (χ3v) is 5.33. The molecular formula is C20H24N4O4. The van der Waals surface area contributed by atoms with E-state index in [-0.39, 0.29) is 18.2 Å². The van der Waals surface area contributed by atoms with Crippen LogP contribution in [-0.4, -0.2) is 42.4 Å². The van der Waals surface area contributed by atoms with Gasteiger partial charge in [0, 0.05) is 24.8 Å². The van der Waals surface area contributed by atoms with Gasteiger partial charge >= 0.3 is 12.1 Å². The summed E-state index contributed by atoms with van der Waals surface area (Å²) in [7, 11) is 1.38. The molecule has 0 aliphatic carbocycles. The van der Waals surface area contributed by atoms with Crippen molar-refractivity contribution < 1.29 is 18.8 Å². The van der Waals surface area contributed by atoms with E-state index < -0.39 is 0 Å². The van der Waals surface area contributed by atoms with Crippen LogP contribution < -0.4 is 10.2 Å². The number of nitrogens with one attached hydrogen (secondary N) is 1. The van der Waals surface area contributed by atoms with Crippen LogP contribution in [0.3, 0.4) is 0 Å². The Morgan fingerprint density at radius 1 is 1.25 bits per heavy atom. The molecule has 4 rings (SSSR count). The van der Waals surface area contributed by atoms with E-state index in [9.17, 15) is 9.59 Å². The van der Waals surface area contributed by atoms with Gasteiger partial charge in [-0.25, -0.2) is 9.59 Å². The van der Waals surface area contributed by atoms with Crippen molar-refractivity contribution in [2.75, 3.05) is 30.4 Å². The predicted molar refractivity (Wildman–Crippen MR) is 103 cm³/mol. The number of urea groups is 1. The topological polar surface area (TPSA) is 87.9 Å². The van der Waals surface area contributed by atoms with Gasteiger partial charge in [0.15, 0.2) is 5.76 Å². The molecule has 0 radical (unpaired) electrons. The second kappa shape index (κ2) is 7.53. The number of carbonyl (C=O) groups is 2. The van der Waals surface area contributed by atoms with E-state index in [1.54, 1.807) is 9.80 Å². The minimum atomic E-state index is -0.361. The highest BCUT2D eigenvalue weighted by Crippen LogP contribution is 2.34. The fourth-order valence-electron chi connectivity index (χ4n) is 4.02. The maximum absolute atomic E-state index is 12.9. The van der Waals surface area contributed by atoms with Crippen LogP contribution in [0.2, 0.25) is 0 Å². The summed E-state index contributed by atoms with van der Waals surface area (Å²) in [5.41, 5.74) is 3.40. The van der Waals surface area contributed by atoms with Gasteiger partial charge in [0.25, 0.3) is 0 Å². The first kappa shape index (κ1) is 18.3. The number of benzene rings is 1. The molecule has 1 aromatic heterocycles. The van der Waals surface area contributed by atoms with Crippen LogP contribution in [0.1, 0.15) is 42.3 Å². The first-order valence-corrected chi connectivity index (χ1v) is 9.56. The number of carbonyl (C=O) groups excluding carboxylic acids is 2. The Hall–Kier alpha value is -3.03. The Bertz CT molecular complexity index is 894. The van der Waals surface area contributed by atoms with E-state index in [2.05, 4.69) is 10.5 Å². The summed E-state index contributed by atoms with van der Waals surface area (Å²) < 4.78 is 10.2. The van der Waals surface area contributed by atoms with Crippen LogP contribution in [0.25, 0.3) is 0 Å². The van der Waals surface area contributed by atoms with E-state index in [4.69, 9.17) is 9.26 Å². The molecule has 1 N–H and O–H groups in total. The minimum absolute atomic E-state index is 0.0892. The monoisotopic (exact) mass is 384 g/mol.